The van der Waals surface area contributed by atoms with E-state index in [4.69, 9.17) is 0 Å². The molecule has 7 heteroatoms. The molecule has 2 heterocycles. The van der Waals surface area contributed by atoms with Crippen molar-refractivity contribution in [1.29, 1.82) is 0 Å². The molecule has 3 aromatic rings. The number of rotatable bonds is 4. The topological polar surface area (TPSA) is 52.6 Å². The summed E-state index contributed by atoms with van der Waals surface area (Å²) in [5, 5.41) is 10.5. The van der Waals surface area contributed by atoms with E-state index in [0.29, 0.717) is 12.2 Å². The van der Waals surface area contributed by atoms with Gasteiger partial charge in [-0.3, -0.25) is 4.79 Å². The lowest BCUT2D eigenvalue weighted by Crippen LogP contribution is -2.47. The van der Waals surface area contributed by atoms with Gasteiger partial charge < -0.3 is 14.7 Å². The standard InChI is InChI=1S/C22H24FN5O/c1-3-26(2)22(29)20-18-6-4-5-7-19(18)21(25-24-20)28-14-12-27(13-15-28)17-10-8-16(23)9-11-17/h4-11H,3,12-15H2,1-2H3. The van der Waals surface area contributed by atoms with Crippen molar-refractivity contribution in [3.63, 3.8) is 0 Å². The van der Waals surface area contributed by atoms with E-state index in [1.54, 1.807) is 11.9 Å². The summed E-state index contributed by atoms with van der Waals surface area (Å²) in [6, 6.07) is 14.4. The van der Waals surface area contributed by atoms with Crippen molar-refractivity contribution >= 4 is 28.2 Å². The Morgan fingerprint density at radius 1 is 0.966 bits per heavy atom. The molecule has 1 aromatic heterocycles. The van der Waals surface area contributed by atoms with E-state index < -0.39 is 0 Å². The highest BCUT2D eigenvalue weighted by Gasteiger charge is 2.23. The molecule has 0 N–H and O–H groups in total. The van der Waals surface area contributed by atoms with Gasteiger partial charge in [-0.1, -0.05) is 24.3 Å². The third kappa shape index (κ3) is 3.72. The number of hydrogen-bond donors (Lipinski definition) is 0. The number of carbonyl (C=O) groups is 1. The van der Waals surface area contributed by atoms with Crippen LogP contribution in [-0.2, 0) is 0 Å². The molecule has 0 unspecified atom stereocenters. The Labute approximate surface area is 169 Å². The molecule has 4 rings (SSSR count). The van der Waals surface area contributed by atoms with Gasteiger partial charge in [0.05, 0.1) is 0 Å². The highest BCUT2D eigenvalue weighted by atomic mass is 19.1. The van der Waals surface area contributed by atoms with E-state index in [0.717, 1.165) is 48.5 Å². The quantitative estimate of drug-likeness (QED) is 0.681. The fourth-order valence-electron chi connectivity index (χ4n) is 3.63. The summed E-state index contributed by atoms with van der Waals surface area (Å²) in [6.07, 6.45) is 0. The molecule has 0 bridgehead atoms. The van der Waals surface area contributed by atoms with Crippen molar-refractivity contribution < 1.29 is 9.18 Å². The van der Waals surface area contributed by atoms with Gasteiger partial charge in [0, 0.05) is 56.2 Å². The van der Waals surface area contributed by atoms with Crippen LogP contribution in [0, 0.1) is 5.82 Å². The molecule has 0 aliphatic carbocycles. The summed E-state index contributed by atoms with van der Waals surface area (Å²) in [5.74, 6) is 0.455. The van der Waals surface area contributed by atoms with Crippen LogP contribution in [-0.4, -0.2) is 60.8 Å². The third-order valence-electron chi connectivity index (χ3n) is 5.46. The highest BCUT2D eigenvalue weighted by Crippen LogP contribution is 2.28. The van der Waals surface area contributed by atoms with Crippen LogP contribution in [0.1, 0.15) is 17.4 Å². The maximum Gasteiger partial charge on any atom is 0.274 e. The SMILES string of the molecule is CCN(C)C(=O)c1nnc(N2CCN(c3ccc(F)cc3)CC2)c2ccccc12. The summed E-state index contributed by atoms with van der Waals surface area (Å²) in [4.78, 5) is 18.8. The predicted octanol–water partition coefficient (Wildman–Crippen LogP) is 3.19. The molecular weight excluding hydrogens is 369 g/mol. The van der Waals surface area contributed by atoms with Gasteiger partial charge in [-0.05, 0) is 31.2 Å². The smallest absolute Gasteiger partial charge is 0.274 e. The van der Waals surface area contributed by atoms with Crippen molar-refractivity contribution in [3.8, 4) is 0 Å². The van der Waals surface area contributed by atoms with Gasteiger partial charge in [-0.2, -0.15) is 0 Å². The van der Waals surface area contributed by atoms with E-state index in [1.165, 1.54) is 12.1 Å². The number of fused-ring (bicyclic) bond motifs is 1. The molecule has 0 saturated carbocycles. The first-order valence-electron chi connectivity index (χ1n) is 9.85. The van der Waals surface area contributed by atoms with Crippen LogP contribution in [0.4, 0.5) is 15.9 Å². The predicted molar refractivity (Wildman–Crippen MR) is 113 cm³/mol. The third-order valence-corrected chi connectivity index (χ3v) is 5.46. The maximum atomic E-state index is 13.2. The molecule has 0 spiro atoms. The lowest BCUT2D eigenvalue weighted by Gasteiger charge is -2.37. The van der Waals surface area contributed by atoms with Crippen molar-refractivity contribution in [2.24, 2.45) is 0 Å². The van der Waals surface area contributed by atoms with Crippen molar-refractivity contribution in [2.45, 2.75) is 6.92 Å². The van der Waals surface area contributed by atoms with Gasteiger partial charge in [0.2, 0.25) is 0 Å². The summed E-state index contributed by atoms with van der Waals surface area (Å²) >= 11 is 0. The molecule has 1 amide bonds. The number of carbonyl (C=O) groups excluding carboxylic acids is 1. The number of hydrogen-bond acceptors (Lipinski definition) is 5. The Kier molecular flexibility index (Phi) is 5.29. The molecule has 1 fully saturated rings. The van der Waals surface area contributed by atoms with Gasteiger partial charge >= 0.3 is 0 Å². The van der Waals surface area contributed by atoms with Gasteiger partial charge in [0.15, 0.2) is 11.5 Å². The van der Waals surface area contributed by atoms with E-state index in [1.807, 2.05) is 43.3 Å². The number of aromatic nitrogens is 2. The number of anilines is 2. The largest absolute Gasteiger partial charge is 0.368 e. The van der Waals surface area contributed by atoms with Crippen LogP contribution in [0.2, 0.25) is 0 Å². The number of benzene rings is 2. The van der Waals surface area contributed by atoms with E-state index in [-0.39, 0.29) is 11.7 Å². The second-order valence-electron chi connectivity index (χ2n) is 7.19. The summed E-state index contributed by atoms with van der Waals surface area (Å²) in [7, 11) is 1.77. The van der Waals surface area contributed by atoms with Gasteiger partial charge in [-0.15, -0.1) is 10.2 Å². The van der Waals surface area contributed by atoms with E-state index >= 15 is 0 Å². The van der Waals surface area contributed by atoms with Gasteiger partial charge in [-0.25, -0.2) is 4.39 Å². The number of halogens is 1. The Morgan fingerprint density at radius 2 is 1.59 bits per heavy atom. The van der Waals surface area contributed by atoms with Gasteiger partial charge in [0.1, 0.15) is 5.82 Å². The molecule has 29 heavy (non-hydrogen) atoms. The van der Waals surface area contributed by atoms with Crippen LogP contribution in [0.5, 0.6) is 0 Å². The van der Waals surface area contributed by atoms with Gasteiger partial charge in [0.25, 0.3) is 5.91 Å². The first kappa shape index (κ1) is 19.1. The molecule has 6 nitrogen and oxygen atoms in total. The molecule has 0 atom stereocenters. The second-order valence-corrected chi connectivity index (χ2v) is 7.19. The summed E-state index contributed by atoms with van der Waals surface area (Å²) < 4.78 is 13.2. The Balaban J connectivity index is 1.59. The van der Waals surface area contributed by atoms with Crippen molar-refractivity contribution in [1.82, 2.24) is 15.1 Å². The lowest BCUT2D eigenvalue weighted by molar-refractivity contribution is 0.0797. The Bertz CT molecular complexity index is 1020. The van der Waals surface area contributed by atoms with Crippen LogP contribution in [0.15, 0.2) is 48.5 Å². The normalized spacial score (nSPS) is 14.3. The van der Waals surface area contributed by atoms with Crippen molar-refractivity contribution in [3.05, 3.63) is 60.0 Å². The second kappa shape index (κ2) is 8.03. The van der Waals surface area contributed by atoms with E-state index in [2.05, 4.69) is 20.0 Å². The number of nitrogens with zero attached hydrogens (tertiary/aromatic N) is 5. The number of amides is 1. The molecule has 1 aliphatic heterocycles. The fourth-order valence-corrected chi connectivity index (χ4v) is 3.63. The zero-order valence-corrected chi connectivity index (χ0v) is 16.7. The maximum absolute atomic E-state index is 13.2. The van der Waals surface area contributed by atoms with Crippen molar-refractivity contribution in [2.75, 3.05) is 49.6 Å². The Hall–Kier alpha value is -3.22. The highest BCUT2D eigenvalue weighted by molar-refractivity contribution is 6.07. The summed E-state index contributed by atoms with van der Waals surface area (Å²) in [6.45, 7) is 5.71. The minimum atomic E-state index is -0.225. The number of piperazine rings is 1. The first-order valence-corrected chi connectivity index (χ1v) is 9.85. The van der Waals surface area contributed by atoms with E-state index in [9.17, 15) is 9.18 Å². The lowest BCUT2D eigenvalue weighted by atomic mass is 10.1. The van der Waals surface area contributed by atoms with Crippen LogP contribution < -0.4 is 9.80 Å². The minimum absolute atomic E-state index is 0.121. The molecular formula is C22H24FN5O. The molecule has 1 aliphatic rings. The zero-order valence-electron chi connectivity index (χ0n) is 16.7. The van der Waals surface area contributed by atoms with Crippen LogP contribution in [0.3, 0.4) is 0 Å². The Morgan fingerprint density at radius 3 is 2.24 bits per heavy atom. The molecule has 1 saturated heterocycles. The summed E-state index contributed by atoms with van der Waals surface area (Å²) in [5.41, 5.74) is 1.41. The first-order chi connectivity index (χ1) is 14.1. The molecule has 150 valence electrons. The zero-order chi connectivity index (χ0) is 20.4. The monoisotopic (exact) mass is 393 g/mol. The van der Waals surface area contributed by atoms with Crippen LogP contribution >= 0.6 is 0 Å². The van der Waals surface area contributed by atoms with Crippen LogP contribution in [0.25, 0.3) is 10.8 Å². The average Bonchev–Trinajstić information content (AvgIpc) is 2.78. The minimum Gasteiger partial charge on any atom is -0.368 e. The average molecular weight is 393 g/mol. The molecule has 2 aromatic carbocycles. The fraction of sp³-hybridized carbons (Fsp3) is 0.318. The molecule has 0 radical (unpaired) electrons.